The Kier molecular flexibility index (Phi) is 4.11. The van der Waals surface area contributed by atoms with Gasteiger partial charge in [0.2, 0.25) is 0 Å². The number of phenolic OH excluding ortho intramolecular Hbond substituents is 1. The summed E-state index contributed by atoms with van der Waals surface area (Å²) in [6, 6.07) is 4.58. The molecule has 82 valence electrons. The first-order chi connectivity index (χ1) is 7.04. The predicted octanol–water partition coefficient (Wildman–Crippen LogP) is 1.23. The molecule has 1 atom stereocenters. The molecular formula is C10H13BrN2O2. The molecule has 1 aromatic rings. The highest BCUT2D eigenvalue weighted by Gasteiger charge is 2.13. The molecule has 4 N–H and O–H groups in total. The standard InChI is InChI=1S/C10H13BrN2O2/c1-6(5-12)13-10(15)8-4-7(11)2-3-9(8)14/h2-4,6,14H,5,12H2,1H3,(H,13,15). The smallest absolute Gasteiger partial charge is 0.255 e. The first-order valence-electron chi connectivity index (χ1n) is 4.54. The number of hydrogen-bond acceptors (Lipinski definition) is 3. The molecule has 1 rings (SSSR count). The molecule has 1 unspecified atom stereocenters. The monoisotopic (exact) mass is 272 g/mol. The number of carbonyl (C=O) groups excluding carboxylic acids is 1. The fourth-order valence-corrected chi connectivity index (χ4v) is 1.41. The lowest BCUT2D eigenvalue weighted by Gasteiger charge is -2.12. The Labute approximate surface area is 96.6 Å². The number of halogens is 1. The predicted molar refractivity (Wildman–Crippen MR) is 61.8 cm³/mol. The minimum atomic E-state index is -0.327. The van der Waals surface area contributed by atoms with E-state index in [-0.39, 0.29) is 23.3 Å². The SMILES string of the molecule is CC(CN)NC(=O)c1cc(Br)ccc1O. The van der Waals surface area contributed by atoms with Crippen molar-refractivity contribution in [2.75, 3.05) is 6.54 Å². The molecule has 0 radical (unpaired) electrons. The molecule has 0 fully saturated rings. The Bertz CT molecular complexity index is 368. The van der Waals surface area contributed by atoms with E-state index in [2.05, 4.69) is 21.2 Å². The van der Waals surface area contributed by atoms with Gasteiger partial charge in [-0.3, -0.25) is 4.79 Å². The summed E-state index contributed by atoms with van der Waals surface area (Å²) in [5.74, 6) is -0.369. The van der Waals surface area contributed by atoms with Gasteiger partial charge in [0.05, 0.1) is 5.56 Å². The van der Waals surface area contributed by atoms with Gasteiger partial charge in [-0.1, -0.05) is 15.9 Å². The maximum atomic E-state index is 11.6. The summed E-state index contributed by atoms with van der Waals surface area (Å²) < 4.78 is 0.742. The molecule has 0 heterocycles. The Morgan fingerprint density at radius 3 is 2.93 bits per heavy atom. The molecule has 15 heavy (non-hydrogen) atoms. The molecule has 0 saturated carbocycles. The second-order valence-corrected chi connectivity index (χ2v) is 4.19. The van der Waals surface area contributed by atoms with Crippen molar-refractivity contribution in [2.24, 2.45) is 5.73 Å². The third-order valence-electron chi connectivity index (χ3n) is 1.93. The van der Waals surface area contributed by atoms with Gasteiger partial charge in [0.15, 0.2) is 0 Å². The molecular weight excluding hydrogens is 260 g/mol. The molecule has 0 saturated heterocycles. The van der Waals surface area contributed by atoms with Gasteiger partial charge < -0.3 is 16.2 Å². The van der Waals surface area contributed by atoms with Crippen molar-refractivity contribution in [1.82, 2.24) is 5.32 Å². The van der Waals surface area contributed by atoms with Crippen molar-refractivity contribution >= 4 is 21.8 Å². The lowest BCUT2D eigenvalue weighted by atomic mass is 10.2. The van der Waals surface area contributed by atoms with Crippen LogP contribution in [0.15, 0.2) is 22.7 Å². The van der Waals surface area contributed by atoms with Crippen molar-refractivity contribution in [2.45, 2.75) is 13.0 Å². The van der Waals surface area contributed by atoms with E-state index in [4.69, 9.17) is 5.73 Å². The van der Waals surface area contributed by atoms with Crippen LogP contribution >= 0.6 is 15.9 Å². The molecule has 4 nitrogen and oxygen atoms in total. The average Bonchev–Trinajstić information content (AvgIpc) is 2.21. The first-order valence-corrected chi connectivity index (χ1v) is 5.33. The van der Waals surface area contributed by atoms with Crippen LogP contribution in [0.1, 0.15) is 17.3 Å². The van der Waals surface area contributed by atoms with Gasteiger partial charge in [0.25, 0.3) is 5.91 Å². The van der Waals surface area contributed by atoms with Gasteiger partial charge in [0, 0.05) is 17.1 Å². The molecule has 1 aromatic carbocycles. The largest absolute Gasteiger partial charge is 0.507 e. The summed E-state index contributed by atoms with van der Waals surface area (Å²) in [6.45, 7) is 2.16. The van der Waals surface area contributed by atoms with Crippen LogP contribution in [0, 0.1) is 0 Å². The van der Waals surface area contributed by atoms with Crippen LogP contribution in [-0.2, 0) is 0 Å². The third kappa shape index (κ3) is 3.21. The fourth-order valence-electron chi connectivity index (χ4n) is 1.05. The van der Waals surface area contributed by atoms with Crippen LogP contribution in [0.4, 0.5) is 0 Å². The molecule has 0 aliphatic carbocycles. The number of hydrogen-bond donors (Lipinski definition) is 3. The average molecular weight is 273 g/mol. The van der Waals surface area contributed by atoms with Gasteiger partial charge in [-0.15, -0.1) is 0 Å². The maximum Gasteiger partial charge on any atom is 0.255 e. The topological polar surface area (TPSA) is 75.3 Å². The van der Waals surface area contributed by atoms with Crippen LogP contribution in [0.2, 0.25) is 0 Å². The Balaban J connectivity index is 2.86. The molecule has 0 aromatic heterocycles. The Morgan fingerprint density at radius 1 is 1.67 bits per heavy atom. The molecule has 0 aliphatic rings. The van der Waals surface area contributed by atoms with Crippen molar-refractivity contribution in [3.63, 3.8) is 0 Å². The molecule has 0 spiro atoms. The number of benzene rings is 1. The van der Waals surface area contributed by atoms with E-state index in [1.54, 1.807) is 19.1 Å². The van der Waals surface area contributed by atoms with Crippen molar-refractivity contribution in [3.05, 3.63) is 28.2 Å². The van der Waals surface area contributed by atoms with Gasteiger partial charge >= 0.3 is 0 Å². The number of aromatic hydroxyl groups is 1. The number of rotatable bonds is 3. The minimum Gasteiger partial charge on any atom is -0.507 e. The minimum absolute atomic E-state index is 0.0417. The van der Waals surface area contributed by atoms with Crippen LogP contribution in [-0.4, -0.2) is 23.6 Å². The number of nitrogens with one attached hydrogen (secondary N) is 1. The van der Waals surface area contributed by atoms with Crippen LogP contribution in [0.5, 0.6) is 5.75 Å². The third-order valence-corrected chi connectivity index (χ3v) is 2.43. The van der Waals surface area contributed by atoms with E-state index in [9.17, 15) is 9.90 Å². The molecule has 0 bridgehead atoms. The van der Waals surface area contributed by atoms with E-state index >= 15 is 0 Å². The number of amides is 1. The summed E-state index contributed by atoms with van der Waals surface area (Å²) in [5.41, 5.74) is 5.62. The lowest BCUT2D eigenvalue weighted by Crippen LogP contribution is -2.37. The van der Waals surface area contributed by atoms with E-state index in [0.29, 0.717) is 6.54 Å². The van der Waals surface area contributed by atoms with Gasteiger partial charge in [0.1, 0.15) is 5.75 Å². The van der Waals surface area contributed by atoms with Crippen LogP contribution < -0.4 is 11.1 Å². The van der Waals surface area contributed by atoms with E-state index in [0.717, 1.165) is 4.47 Å². The highest BCUT2D eigenvalue weighted by molar-refractivity contribution is 9.10. The Hall–Kier alpha value is -1.07. The molecule has 1 amide bonds. The molecule has 0 aliphatic heterocycles. The summed E-state index contributed by atoms with van der Waals surface area (Å²) >= 11 is 3.23. The quantitative estimate of drug-likeness (QED) is 0.775. The maximum absolute atomic E-state index is 11.6. The van der Waals surface area contributed by atoms with Crippen molar-refractivity contribution in [3.8, 4) is 5.75 Å². The van der Waals surface area contributed by atoms with Gasteiger partial charge in [-0.05, 0) is 25.1 Å². The Morgan fingerprint density at radius 2 is 2.33 bits per heavy atom. The zero-order valence-corrected chi connectivity index (χ0v) is 9.91. The zero-order chi connectivity index (χ0) is 11.4. The van der Waals surface area contributed by atoms with Gasteiger partial charge in [-0.25, -0.2) is 0 Å². The lowest BCUT2D eigenvalue weighted by molar-refractivity contribution is 0.0938. The van der Waals surface area contributed by atoms with E-state index in [1.807, 2.05) is 0 Å². The summed E-state index contributed by atoms with van der Waals surface area (Å²) in [7, 11) is 0. The van der Waals surface area contributed by atoms with Crippen molar-refractivity contribution in [1.29, 1.82) is 0 Å². The van der Waals surface area contributed by atoms with E-state index < -0.39 is 0 Å². The summed E-state index contributed by atoms with van der Waals surface area (Å²) in [4.78, 5) is 11.6. The highest BCUT2D eigenvalue weighted by Crippen LogP contribution is 2.21. The number of nitrogens with two attached hydrogens (primary N) is 1. The van der Waals surface area contributed by atoms with Crippen molar-refractivity contribution < 1.29 is 9.90 Å². The summed E-state index contributed by atoms with van der Waals surface area (Å²) in [6.07, 6.45) is 0. The van der Waals surface area contributed by atoms with E-state index in [1.165, 1.54) is 6.07 Å². The summed E-state index contributed by atoms with van der Waals surface area (Å²) in [5, 5.41) is 12.1. The van der Waals surface area contributed by atoms with Gasteiger partial charge in [-0.2, -0.15) is 0 Å². The highest BCUT2D eigenvalue weighted by atomic mass is 79.9. The number of carbonyl (C=O) groups is 1. The first kappa shape index (κ1) is 12.0. The second kappa shape index (κ2) is 5.14. The number of phenols is 1. The normalized spacial score (nSPS) is 12.2. The van der Waals surface area contributed by atoms with Crippen LogP contribution in [0.3, 0.4) is 0 Å². The van der Waals surface area contributed by atoms with Crippen LogP contribution in [0.25, 0.3) is 0 Å². The second-order valence-electron chi connectivity index (χ2n) is 3.27. The zero-order valence-electron chi connectivity index (χ0n) is 8.33. The molecule has 5 heteroatoms. The fraction of sp³-hybridized carbons (Fsp3) is 0.300.